The highest BCUT2D eigenvalue weighted by Gasteiger charge is 2.32. The maximum Gasteiger partial charge on any atom is 0.310 e. The summed E-state index contributed by atoms with van der Waals surface area (Å²) in [5, 5.41) is 9.30. The summed E-state index contributed by atoms with van der Waals surface area (Å²) in [5.74, 6) is -0.737. The third kappa shape index (κ3) is 6.33. The molecule has 0 bridgehead atoms. The highest BCUT2D eigenvalue weighted by atomic mass is 16.5. The molecule has 0 saturated carbocycles. The van der Waals surface area contributed by atoms with E-state index < -0.39 is 11.4 Å². The molecule has 0 aliphatic carbocycles. The highest BCUT2D eigenvalue weighted by molar-refractivity contribution is 5.74. The summed E-state index contributed by atoms with van der Waals surface area (Å²) in [4.78, 5) is 13.4. The molecule has 0 aromatic heterocycles. The number of carboxylic acid groups (broad SMARTS) is 1. The summed E-state index contributed by atoms with van der Waals surface area (Å²) in [6.07, 6.45) is 1.52. The Morgan fingerprint density at radius 3 is 2.28 bits per heavy atom. The van der Waals surface area contributed by atoms with Gasteiger partial charge in [-0.05, 0) is 19.8 Å². The van der Waals surface area contributed by atoms with Crippen LogP contribution in [-0.4, -0.2) is 63.0 Å². The number of aliphatic carboxylic acids is 1. The van der Waals surface area contributed by atoms with Crippen LogP contribution in [0, 0.1) is 5.41 Å². The molecule has 108 valence electrons. The maximum atomic E-state index is 11.3. The number of methoxy groups -OCH3 is 2. The van der Waals surface area contributed by atoms with Gasteiger partial charge in [-0.1, -0.05) is 6.92 Å². The summed E-state index contributed by atoms with van der Waals surface area (Å²) >= 11 is 0. The standard InChI is InChI=1S/C13H27NO4/c1-5-13(2,12(15)16)11-14(8-10-18-4)7-6-9-17-3/h5-11H2,1-4H3,(H,15,16). The number of carboxylic acids is 1. The van der Waals surface area contributed by atoms with Crippen molar-refractivity contribution in [1.82, 2.24) is 4.90 Å². The van der Waals surface area contributed by atoms with E-state index >= 15 is 0 Å². The zero-order chi connectivity index (χ0) is 14.0. The van der Waals surface area contributed by atoms with Gasteiger partial charge >= 0.3 is 5.97 Å². The van der Waals surface area contributed by atoms with Crippen LogP contribution in [0.5, 0.6) is 0 Å². The molecule has 1 unspecified atom stereocenters. The predicted octanol–water partition coefficient (Wildman–Crippen LogP) is 1.47. The van der Waals surface area contributed by atoms with E-state index in [1.807, 2.05) is 6.92 Å². The fraction of sp³-hybridized carbons (Fsp3) is 0.923. The molecule has 0 amide bonds. The van der Waals surface area contributed by atoms with Crippen LogP contribution in [0.15, 0.2) is 0 Å². The van der Waals surface area contributed by atoms with Crippen molar-refractivity contribution in [2.75, 3.05) is 47.1 Å². The molecule has 18 heavy (non-hydrogen) atoms. The Hall–Kier alpha value is -0.650. The van der Waals surface area contributed by atoms with E-state index in [1.165, 1.54) is 0 Å². The van der Waals surface area contributed by atoms with Gasteiger partial charge in [-0.25, -0.2) is 0 Å². The minimum absolute atomic E-state index is 0.548. The van der Waals surface area contributed by atoms with Gasteiger partial charge in [0.25, 0.3) is 0 Å². The first-order valence-corrected chi connectivity index (χ1v) is 6.43. The lowest BCUT2D eigenvalue weighted by atomic mass is 9.87. The van der Waals surface area contributed by atoms with E-state index in [4.69, 9.17) is 9.47 Å². The van der Waals surface area contributed by atoms with E-state index in [1.54, 1.807) is 21.1 Å². The third-order valence-electron chi connectivity index (χ3n) is 3.30. The maximum absolute atomic E-state index is 11.3. The molecule has 1 atom stereocenters. The molecule has 0 saturated heterocycles. The van der Waals surface area contributed by atoms with Crippen molar-refractivity contribution < 1.29 is 19.4 Å². The van der Waals surface area contributed by atoms with Crippen molar-refractivity contribution in [3.05, 3.63) is 0 Å². The Morgan fingerprint density at radius 2 is 1.83 bits per heavy atom. The first-order chi connectivity index (χ1) is 8.50. The van der Waals surface area contributed by atoms with Crippen molar-refractivity contribution in [2.24, 2.45) is 5.41 Å². The average Bonchev–Trinajstić information content (AvgIpc) is 2.35. The molecule has 0 aromatic carbocycles. The highest BCUT2D eigenvalue weighted by Crippen LogP contribution is 2.23. The van der Waals surface area contributed by atoms with Crippen LogP contribution in [0.1, 0.15) is 26.7 Å². The van der Waals surface area contributed by atoms with Crippen LogP contribution >= 0.6 is 0 Å². The zero-order valence-electron chi connectivity index (χ0n) is 12.1. The molecule has 0 radical (unpaired) electrons. The van der Waals surface area contributed by atoms with Crippen LogP contribution in [0.4, 0.5) is 0 Å². The molecule has 0 rings (SSSR count). The van der Waals surface area contributed by atoms with Crippen LogP contribution in [0.25, 0.3) is 0 Å². The van der Waals surface area contributed by atoms with E-state index in [-0.39, 0.29) is 0 Å². The van der Waals surface area contributed by atoms with E-state index in [2.05, 4.69) is 4.90 Å². The molecule has 0 aliphatic heterocycles. The summed E-state index contributed by atoms with van der Waals surface area (Å²) in [5.41, 5.74) is -0.694. The van der Waals surface area contributed by atoms with Gasteiger partial charge in [0.2, 0.25) is 0 Å². The van der Waals surface area contributed by atoms with Gasteiger partial charge in [0.15, 0.2) is 0 Å². The second-order valence-corrected chi connectivity index (χ2v) is 4.83. The van der Waals surface area contributed by atoms with Gasteiger partial charge in [0.1, 0.15) is 0 Å². The van der Waals surface area contributed by atoms with Crippen molar-refractivity contribution in [3.8, 4) is 0 Å². The molecule has 0 heterocycles. The monoisotopic (exact) mass is 261 g/mol. The SMILES string of the molecule is CCC(C)(CN(CCCOC)CCOC)C(=O)O. The molecule has 5 nitrogen and oxygen atoms in total. The molecule has 0 spiro atoms. The lowest BCUT2D eigenvalue weighted by molar-refractivity contribution is -0.149. The molecule has 0 aromatic rings. The largest absolute Gasteiger partial charge is 0.481 e. The minimum atomic E-state index is -0.737. The molecule has 5 heteroatoms. The summed E-state index contributed by atoms with van der Waals surface area (Å²) in [6, 6.07) is 0. The summed E-state index contributed by atoms with van der Waals surface area (Å²) in [6.45, 7) is 7.16. The Kier molecular flexibility index (Phi) is 8.97. The number of hydrogen-bond acceptors (Lipinski definition) is 4. The fourth-order valence-corrected chi connectivity index (χ4v) is 1.75. The van der Waals surface area contributed by atoms with Gasteiger partial charge in [-0.3, -0.25) is 9.69 Å². The molecular weight excluding hydrogens is 234 g/mol. The van der Waals surface area contributed by atoms with Crippen molar-refractivity contribution in [2.45, 2.75) is 26.7 Å². The normalized spacial score (nSPS) is 14.7. The molecule has 0 aliphatic rings. The number of rotatable bonds is 11. The number of nitrogens with zero attached hydrogens (tertiary/aromatic N) is 1. The number of carbonyl (C=O) groups is 1. The van der Waals surface area contributed by atoms with E-state index in [0.717, 1.165) is 19.5 Å². The Labute approximate surface area is 110 Å². The van der Waals surface area contributed by atoms with Crippen LogP contribution in [-0.2, 0) is 14.3 Å². The van der Waals surface area contributed by atoms with Crippen molar-refractivity contribution >= 4 is 5.97 Å². The smallest absolute Gasteiger partial charge is 0.310 e. The van der Waals surface area contributed by atoms with Crippen molar-refractivity contribution in [3.63, 3.8) is 0 Å². The van der Waals surface area contributed by atoms with Gasteiger partial charge in [-0.2, -0.15) is 0 Å². The van der Waals surface area contributed by atoms with Gasteiger partial charge < -0.3 is 14.6 Å². The van der Waals surface area contributed by atoms with E-state index in [9.17, 15) is 9.90 Å². The van der Waals surface area contributed by atoms with Crippen molar-refractivity contribution in [1.29, 1.82) is 0 Å². The lowest BCUT2D eigenvalue weighted by Gasteiger charge is -2.31. The average molecular weight is 261 g/mol. The summed E-state index contributed by atoms with van der Waals surface area (Å²) < 4.78 is 10.1. The first-order valence-electron chi connectivity index (χ1n) is 6.43. The second kappa shape index (κ2) is 9.30. The number of ether oxygens (including phenoxy) is 2. The Balaban J connectivity index is 4.39. The van der Waals surface area contributed by atoms with Gasteiger partial charge in [-0.15, -0.1) is 0 Å². The van der Waals surface area contributed by atoms with Gasteiger partial charge in [0, 0.05) is 40.5 Å². The predicted molar refractivity (Wildman–Crippen MR) is 70.8 cm³/mol. The van der Waals surface area contributed by atoms with E-state index in [0.29, 0.717) is 26.2 Å². The molecule has 0 fully saturated rings. The first kappa shape index (κ1) is 17.4. The van der Waals surface area contributed by atoms with Crippen LogP contribution in [0.2, 0.25) is 0 Å². The Morgan fingerprint density at radius 1 is 1.22 bits per heavy atom. The van der Waals surface area contributed by atoms with Crippen LogP contribution in [0.3, 0.4) is 0 Å². The third-order valence-corrected chi connectivity index (χ3v) is 3.30. The summed E-state index contributed by atoms with van der Waals surface area (Å²) in [7, 11) is 3.33. The Bertz CT molecular complexity index is 235. The zero-order valence-corrected chi connectivity index (χ0v) is 12.1. The molecule has 1 N–H and O–H groups in total. The fourth-order valence-electron chi connectivity index (χ4n) is 1.75. The topological polar surface area (TPSA) is 59.0 Å². The molecular formula is C13H27NO4. The number of hydrogen-bond donors (Lipinski definition) is 1. The van der Waals surface area contributed by atoms with Crippen LogP contribution < -0.4 is 0 Å². The quantitative estimate of drug-likeness (QED) is 0.571. The minimum Gasteiger partial charge on any atom is -0.481 e. The second-order valence-electron chi connectivity index (χ2n) is 4.83. The lowest BCUT2D eigenvalue weighted by Crippen LogP contribution is -2.42. The van der Waals surface area contributed by atoms with Gasteiger partial charge in [0.05, 0.1) is 12.0 Å².